The quantitative estimate of drug-likeness (QED) is 0.623. The van der Waals surface area contributed by atoms with Crippen LogP contribution in [-0.4, -0.2) is 26.2 Å². The van der Waals surface area contributed by atoms with Crippen molar-refractivity contribution in [3.63, 3.8) is 0 Å². The van der Waals surface area contributed by atoms with E-state index in [1.54, 1.807) is 0 Å². The lowest BCUT2D eigenvalue weighted by Crippen LogP contribution is -2.28. The van der Waals surface area contributed by atoms with Gasteiger partial charge in [0.05, 0.1) is 34.3 Å². The normalized spacial score (nSPS) is 12.4. The molecule has 3 rings (SSSR count). The number of anilines is 1. The molecule has 0 aliphatic rings. The van der Waals surface area contributed by atoms with Gasteiger partial charge in [0.1, 0.15) is 0 Å². The molecule has 3 aromatic rings. The molecule has 0 unspecified atom stereocenters. The third-order valence-electron chi connectivity index (χ3n) is 3.99. The Morgan fingerprint density at radius 1 is 1.10 bits per heavy atom. The van der Waals surface area contributed by atoms with Crippen LogP contribution < -0.4 is 5.32 Å². The second-order valence-electron chi connectivity index (χ2n) is 7.11. The molecule has 0 spiro atoms. The second-order valence-corrected chi connectivity index (χ2v) is 7.11. The molecule has 1 aromatic heterocycles. The highest BCUT2D eigenvalue weighted by Gasteiger charge is 2.31. The molecule has 2 aromatic carbocycles. The molecule has 0 aliphatic heterocycles. The first-order valence-electron chi connectivity index (χ1n) is 8.42. The maximum atomic E-state index is 13.7. The zero-order valence-corrected chi connectivity index (χ0v) is 15.3. The number of carbonyl (C=O) groups is 1. The smallest absolute Gasteiger partial charge is 0.390 e. The molecule has 29 heavy (non-hydrogen) atoms. The number of benzene rings is 2. The fraction of sp³-hybridized carbons (Fsp3) is 0.263. The van der Waals surface area contributed by atoms with E-state index in [1.165, 1.54) is 13.8 Å². The number of amides is 1. The molecule has 0 fully saturated rings. The summed E-state index contributed by atoms with van der Waals surface area (Å²) in [4.78, 5) is 16.3. The zero-order chi connectivity index (χ0) is 21.6. The molecule has 0 atom stereocenters. The first-order chi connectivity index (χ1) is 13.3. The molecule has 0 saturated carbocycles. The highest BCUT2D eigenvalue weighted by molar-refractivity contribution is 5.93. The maximum Gasteiger partial charge on any atom is 0.416 e. The van der Waals surface area contributed by atoms with Gasteiger partial charge in [-0.2, -0.15) is 13.2 Å². The van der Waals surface area contributed by atoms with Crippen molar-refractivity contribution in [1.82, 2.24) is 9.55 Å². The van der Waals surface area contributed by atoms with Gasteiger partial charge in [0.2, 0.25) is 11.9 Å². The average Bonchev–Trinajstić information content (AvgIpc) is 2.91. The molecule has 1 heterocycles. The number of alkyl halides is 3. The lowest BCUT2D eigenvalue weighted by molar-refractivity contribution is -0.137. The predicted octanol–water partition coefficient (Wildman–Crippen LogP) is 4.42. The summed E-state index contributed by atoms with van der Waals surface area (Å²) < 4.78 is 67.5. The van der Waals surface area contributed by atoms with E-state index < -0.39 is 34.9 Å². The van der Waals surface area contributed by atoms with E-state index in [0.29, 0.717) is 0 Å². The standard InChI is InChI=1S/C19H16F5N3O2/c1-18(2,29)9-16(28)26-17-25-14-6-3-10(19(22,23)24)7-15(14)27(17)11-4-5-12(20)13(21)8-11/h3-8,29H,9H2,1-2H3,(H,25,26,28). The van der Waals surface area contributed by atoms with E-state index in [-0.39, 0.29) is 29.1 Å². The summed E-state index contributed by atoms with van der Waals surface area (Å²) in [5.74, 6) is -3.21. The van der Waals surface area contributed by atoms with Crippen molar-refractivity contribution in [1.29, 1.82) is 0 Å². The van der Waals surface area contributed by atoms with Gasteiger partial charge in [0.25, 0.3) is 0 Å². The van der Waals surface area contributed by atoms with Gasteiger partial charge < -0.3 is 5.11 Å². The van der Waals surface area contributed by atoms with Crippen molar-refractivity contribution in [2.75, 3.05) is 5.32 Å². The highest BCUT2D eigenvalue weighted by Crippen LogP contribution is 2.33. The zero-order valence-electron chi connectivity index (χ0n) is 15.3. The highest BCUT2D eigenvalue weighted by atomic mass is 19.4. The van der Waals surface area contributed by atoms with E-state index in [9.17, 15) is 31.9 Å². The van der Waals surface area contributed by atoms with Crippen LogP contribution in [0, 0.1) is 11.6 Å². The molecular weight excluding hydrogens is 397 g/mol. The number of imidazole rings is 1. The van der Waals surface area contributed by atoms with E-state index in [2.05, 4.69) is 10.3 Å². The van der Waals surface area contributed by atoms with Gasteiger partial charge in [-0.1, -0.05) is 0 Å². The Morgan fingerprint density at radius 2 is 1.79 bits per heavy atom. The van der Waals surface area contributed by atoms with E-state index in [1.807, 2.05) is 0 Å². The Morgan fingerprint density at radius 3 is 2.38 bits per heavy atom. The van der Waals surface area contributed by atoms with Gasteiger partial charge in [-0.25, -0.2) is 13.8 Å². The Kier molecular flexibility index (Phi) is 5.08. The van der Waals surface area contributed by atoms with Crippen molar-refractivity contribution < 1.29 is 31.9 Å². The Labute approximate surface area is 161 Å². The van der Waals surface area contributed by atoms with Crippen LogP contribution in [0.25, 0.3) is 16.7 Å². The lowest BCUT2D eigenvalue weighted by atomic mass is 10.1. The number of hydrogen-bond acceptors (Lipinski definition) is 3. The Bertz CT molecular complexity index is 1080. The molecule has 0 radical (unpaired) electrons. The molecule has 0 bridgehead atoms. The summed E-state index contributed by atoms with van der Waals surface area (Å²) in [7, 11) is 0. The Hall–Kier alpha value is -3.01. The van der Waals surface area contributed by atoms with Gasteiger partial charge in [0.15, 0.2) is 11.6 Å². The van der Waals surface area contributed by atoms with Gasteiger partial charge in [-0.15, -0.1) is 0 Å². The molecule has 2 N–H and O–H groups in total. The Balaban J connectivity index is 2.19. The number of aromatic nitrogens is 2. The molecule has 0 aliphatic carbocycles. The van der Waals surface area contributed by atoms with Crippen LogP contribution in [0.4, 0.5) is 27.9 Å². The largest absolute Gasteiger partial charge is 0.416 e. The number of aliphatic hydroxyl groups is 1. The van der Waals surface area contributed by atoms with Crippen LogP contribution in [0.5, 0.6) is 0 Å². The van der Waals surface area contributed by atoms with Gasteiger partial charge in [0, 0.05) is 6.07 Å². The maximum absolute atomic E-state index is 13.7. The summed E-state index contributed by atoms with van der Waals surface area (Å²) in [5, 5.41) is 12.2. The van der Waals surface area contributed by atoms with Crippen LogP contribution in [-0.2, 0) is 11.0 Å². The molecule has 1 amide bonds. The second kappa shape index (κ2) is 7.11. The van der Waals surface area contributed by atoms with Crippen molar-refractivity contribution in [3.8, 4) is 5.69 Å². The van der Waals surface area contributed by atoms with E-state index in [4.69, 9.17) is 0 Å². The summed E-state index contributed by atoms with van der Waals surface area (Å²) in [6.45, 7) is 2.81. The number of nitrogens with one attached hydrogen (secondary N) is 1. The lowest BCUT2D eigenvalue weighted by Gasteiger charge is -2.17. The number of fused-ring (bicyclic) bond motifs is 1. The minimum absolute atomic E-state index is 0.0377. The minimum Gasteiger partial charge on any atom is -0.390 e. The summed E-state index contributed by atoms with van der Waals surface area (Å²) >= 11 is 0. The number of nitrogens with zero attached hydrogens (tertiary/aromatic N) is 2. The van der Waals surface area contributed by atoms with Crippen molar-refractivity contribution >= 4 is 22.9 Å². The monoisotopic (exact) mass is 413 g/mol. The van der Waals surface area contributed by atoms with Crippen LogP contribution in [0.3, 0.4) is 0 Å². The molecule has 10 heteroatoms. The van der Waals surface area contributed by atoms with Crippen LogP contribution in [0.2, 0.25) is 0 Å². The van der Waals surface area contributed by atoms with Crippen LogP contribution >= 0.6 is 0 Å². The summed E-state index contributed by atoms with van der Waals surface area (Å²) in [5.41, 5.74) is -2.31. The van der Waals surface area contributed by atoms with Crippen LogP contribution in [0.15, 0.2) is 36.4 Å². The number of halogens is 5. The first kappa shape index (κ1) is 20.7. The third-order valence-corrected chi connectivity index (χ3v) is 3.99. The molecule has 154 valence electrons. The SMILES string of the molecule is CC(C)(O)CC(=O)Nc1nc2ccc(C(F)(F)F)cc2n1-c1ccc(F)c(F)c1. The number of hydrogen-bond donors (Lipinski definition) is 2. The van der Waals surface area contributed by atoms with Gasteiger partial charge >= 0.3 is 6.18 Å². The van der Waals surface area contributed by atoms with Crippen molar-refractivity contribution in [3.05, 3.63) is 53.6 Å². The van der Waals surface area contributed by atoms with E-state index >= 15 is 0 Å². The van der Waals surface area contributed by atoms with Gasteiger partial charge in [-0.3, -0.25) is 14.7 Å². The topological polar surface area (TPSA) is 67.2 Å². The molecule has 5 nitrogen and oxygen atoms in total. The molecule has 0 saturated heterocycles. The first-order valence-corrected chi connectivity index (χ1v) is 8.42. The third kappa shape index (κ3) is 4.53. The van der Waals surface area contributed by atoms with Gasteiger partial charge in [-0.05, 0) is 44.2 Å². The van der Waals surface area contributed by atoms with E-state index in [0.717, 1.165) is 41.0 Å². The minimum atomic E-state index is -4.64. The fourth-order valence-electron chi connectivity index (χ4n) is 2.78. The number of carbonyl (C=O) groups excluding carboxylic acids is 1. The predicted molar refractivity (Wildman–Crippen MR) is 95.5 cm³/mol. The van der Waals surface area contributed by atoms with Crippen molar-refractivity contribution in [2.24, 2.45) is 0 Å². The average molecular weight is 413 g/mol. The number of rotatable bonds is 4. The molecular formula is C19H16F5N3O2. The van der Waals surface area contributed by atoms with Crippen LogP contribution in [0.1, 0.15) is 25.8 Å². The summed E-state index contributed by atoms with van der Waals surface area (Å²) in [6.07, 6.45) is -4.95. The fourth-order valence-corrected chi connectivity index (χ4v) is 2.78. The summed E-state index contributed by atoms with van der Waals surface area (Å²) in [6, 6.07) is 5.48. The van der Waals surface area contributed by atoms with Crippen molar-refractivity contribution in [2.45, 2.75) is 32.0 Å².